The number of nitrogens with one attached hydrogen (secondary N) is 1. The molecule has 0 saturated heterocycles. The number of hydrogen-bond donors (Lipinski definition) is 3. The maximum absolute atomic E-state index is 11.4. The molecule has 6 nitrogen and oxygen atoms in total. The first-order valence-corrected chi connectivity index (χ1v) is 7.67. The summed E-state index contributed by atoms with van der Waals surface area (Å²) in [5.41, 5.74) is 0. The van der Waals surface area contributed by atoms with Crippen molar-refractivity contribution in [2.24, 2.45) is 0 Å². The van der Waals surface area contributed by atoms with Crippen molar-refractivity contribution in [2.45, 2.75) is 77.2 Å². The number of unbranched alkanes of at least 4 members (excludes halogenated alkanes) is 7. The van der Waals surface area contributed by atoms with E-state index in [1.807, 2.05) is 0 Å². The number of carboxylic acids is 2. The Morgan fingerprint density at radius 1 is 0.810 bits per heavy atom. The summed E-state index contributed by atoms with van der Waals surface area (Å²) in [7, 11) is 0. The molecule has 1 unspecified atom stereocenters. The average molecular weight is 301 g/mol. The molecule has 1 amide bonds. The molecule has 0 aliphatic rings. The molecular weight excluding hydrogens is 274 g/mol. The van der Waals surface area contributed by atoms with Crippen LogP contribution in [0.2, 0.25) is 0 Å². The van der Waals surface area contributed by atoms with E-state index < -0.39 is 18.0 Å². The molecule has 0 radical (unpaired) electrons. The van der Waals surface area contributed by atoms with Gasteiger partial charge in [-0.05, 0) is 19.8 Å². The van der Waals surface area contributed by atoms with Crippen LogP contribution in [0.5, 0.6) is 0 Å². The average Bonchev–Trinajstić information content (AvgIpc) is 2.40. The van der Waals surface area contributed by atoms with E-state index in [1.165, 1.54) is 6.92 Å². The first kappa shape index (κ1) is 19.4. The van der Waals surface area contributed by atoms with Gasteiger partial charge in [0.2, 0.25) is 5.91 Å². The normalized spacial score (nSPS) is 11.9. The molecule has 122 valence electrons. The van der Waals surface area contributed by atoms with Crippen LogP contribution >= 0.6 is 0 Å². The fourth-order valence-corrected chi connectivity index (χ4v) is 2.00. The third-order valence-electron chi connectivity index (χ3n) is 3.29. The van der Waals surface area contributed by atoms with Crippen molar-refractivity contribution >= 4 is 17.8 Å². The van der Waals surface area contributed by atoms with Crippen molar-refractivity contribution in [1.82, 2.24) is 5.32 Å². The Balaban J connectivity index is 3.30. The molecule has 0 aromatic rings. The summed E-state index contributed by atoms with van der Waals surface area (Å²) in [6, 6.07) is -0.830. The number of carboxylic acid groups (broad SMARTS) is 2. The van der Waals surface area contributed by atoms with Crippen LogP contribution in [0.25, 0.3) is 0 Å². The summed E-state index contributed by atoms with van der Waals surface area (Å²) in [5.74, 6) is -1.96. The maximum Gasteiger partial charge on any atom is 0.325 e. The van der Waals surface area contributed by atoms with Crippen LogP contribution in [-0.4, -0.2) is 34.1 Å². The Labute approximate surface area is 125 Å². The minimum atomic E-state index is -1.02. The lowest BCUT2D eigenvalue weighted by molar-refractivity contribution is -0.141. The molecule has 0 heterocycles. The number of aliphatic carboxylic acids is 2. The van der Waals surface area contributed by atoms with E-state index in [9.17, 15) is 14.4 Å². The molecule has 0 aromatic heterocycles. The van der Waals surface area contributed by atoms with Crippen molar-refractivity contribution in [3.63, 3.8) is 0 Å². The highest BCUT2D eigenvalue weighted by Crippen LogP contribution is 2.10. The van der Waals surface area contributed by atoms with E-state index >= 15 is 0 Å². The van der Waals surface area contributed by atoms with Crippen molar-refractivity contribution in [3.05, 3.63) is 0 Å². The second kappa shape index (κ2) is 12.2. The van der Waals surface area contributed by atoms with Crippen LogP contribution in [0.4, 0.5) is 0 Å². The van der Waals surface area contributed by atoms with E-state index in [1.54, 1.807) is 0 Å². The van der Waals surface area contributed by atoms with Crippen molar-refractivity contribution < 1.29 is 24.6 Å². The lowest BCUT2D eigenvalue weighted by atomic mass is 10.1. The first-order valence-electron chi connectivity index (χ1n) is 7.67. The van der Waals surface area contributed by atoms with Gasteiger partial charge in [0.05, 0.1) is 0 Å². The van der Waals surface area contributed by atoms with Gasteiger partial charge in [-0.3, -0.25) is 14.4 Å². The van der Waals surface area contributed by atoms with Gasteiger partial charge in [0.25, 0.3) is 0 Å². The Bertz CT molecular complexity index is 330. The Hall–Kier alpha value is -1.59. The number of rotatable bonds is 13. The zero-order valence-electron chi connectivity index (χ0n) is 12.8. The molecule has 0 spiro atoms. The quantitative estimate of drug-likeness (QED) is 0.454. The Morgan fingerprint density at radius 2 is 1.24 bits per heavy atom. The molecule has 0 rings (SSSR count). The second-order valence-corrected chi connectivity index (χ2v) is 5.35. The van der Waals surface area contributed by atoms with Gasteiger partial charge >= 0.3 is 11.9 Å². The monoisotopic (exact) mass is 301 g/mol. The highest BCUT2D eigenvalue weighted by molar-refractivity contribution is 5.83. The number of carbonyl (C=O) groups is 3. The zero-order valence-corrected chi connectivity index (χ0v) is 12.8. The van der Waals surface area contributed by atoms with Crippen LogP contribution in [-0.2, 0) is 14.4 Å². The van der Waals surface area contributed by atoms with E-state index in [2.05, 4.69) is 5.32 Å². The van der Waals surface area contributed by atoms with Gasteiger partial charge in [0, 0.05) is 12.8 Å². The molecule has 0 fully saturated rings. The van der Waals surface area contributed by atoms with E-state index in [4.69, 9.17) is 10.2 Å². The molecule has 3 N–H and O–H groups in total. The summed E-state index contributed by atoms with van der Waals surface area (Å²) in [4.78, 5) is 32.2. The topological polar surface area (TPSA) is 104 Å². The van der Waals surface area contributed by atoms with Crippen molar-refractivity contribution in [2.75, 3.05) is 0 Å². The molecule has 1 atom stereocenters. The van der Waals surface area contributed by atoms with Crippen molar-refractivity contribution in [3.8, 4) is 0 Å². The molecule has 0 aliphatic carbocycles. The van der Waals surface area contributed by atoms with Crippen LogP contribution in [0.15, 0.2) is 0 Å². The standard InChI is InChI=1S/C15H27NO5/c1-12(15(20)21)16-13(17)10-8-6-4-2-3-5-7-9-11-14(18)19/h12H,2-11H2,1H3,(H,16,17)(H,18,19)(H,20,21). The van der Waals surface area contributed by atoms with Gasteiger partial charge in [-0.15, -0.1) is 0 Å². The van der Waals surface area contributed by atoms with E-state index in [0.29, 0.717) is 6.42 Å². The molecule has 0 aromatic carbocycles. The molecule has 0 saturated carbocycles. The Morgan fingerprint density at radius 3 is 1.67 bits per heavy atom. The maximum atomic E-state index is 11.4. The van der Waals surface area contributed by atoms with E-state index in [0.717, 1.165) is 51.4 Å². The fourth-order valence-electron chi connectivity index (χ4n) is 2.00. The lowest BCUT2D eigenvalue weighted by Crippen LogP contribution is -2.38. The van der Waals surface area contributed by atoms with Crippen molar-refractivity contribution in [1.29, 1.82) is 0 Å². The van der Waals surface area contributed by atoms with Gasteiger partial charge in [0.15, 0.2) is 0 Å². The Kier molecular flexibility index (Phi) is 11.3. The smallest absolute Gasteiger partial charge is 0.325 e. The van der Waals surface area contributed by atoms with E-state index in [-0.39, 0.29) is 12.3 Å². The predicted molar refractivity (Wildman–Crippen MR) is 79.0 cm³/mol. The molecule has 21 heavy (non-hydrogen) atoms. The number of hydrogen-bond acceptors (Lipinski definition) is 3. The summed E-state index contributed by atoms with van der Waals surface area (Å²) in [6.07, 6.45) is 8.38. The largest absolute Gasteiger partial charge is 0.481 e. The highest BCUT2D eigenvalue weighted by atomic mass is 16.4. The van der Waals surface area contributed by atoms with Gasteiger partial charge in [0.1, 0.15) is 6.04 Å². The SMILES string of the molecule is CC(NC(=O)CCCCCCCCCCC(=O)O)C(=O)O. The third-order valence-corrected chi connectivity index (χ3v) is 3.29. The summed E-state index contributed by atoms with van der Waals surface area (Å²) < 4.78 is 0. The van der Waals surface area contributed by atoms with Gasteiger partial charge in [-0.2, -0.15) is 0 Å². The highest BCUT2D eigenvalue weighted by Gasteiger charge is 2.12. The van der Waals surface area contributed by atoms with Crippen LogP contribution < -0.4 is 5.32 Å². The third kappa shape index (κ3) is 13.2. The lowest BCUT2D eigenvalue weighted by Gasteiger charge is -2.08. The molecule has 0 aliphatic heterocycles. The summed E-state index contributed by atoms with van der Waals surface area (Å²) in [6.45, 7) is 1.45. The second-order valence-electron chi connectivity index (χ2n) is 5.35. The number of carbonyl (C=O) groups excluding carboxylic acids is 1. The van der Waals surface area contributed by atoms with Crippen LogP contribution in [0.3, 0.4) is 0 Å². The van der Waals surface area contributed by atoms with Gasteiger partial charge in [-0.25, -0.2) is 0 Å². The first-order chi connectivity index (χ1) is 9.93. The molecular formula is C15H27NO5. The fraction of sp³-hybridized carbons (Fsp3) is 0.800. The van der Waals surface area contributed by atoms with Crippen LogP contribution in [0, 0.1) is 0 Å². The predicted octanol–water partition coefficient (Wildman–Crippen LogP) is 2.56. The minimum Gasteiger partial charge on any atom is -0.481 e. The summed E-state index contributed by atoms with van der Waals surface area (Å²) in [5, 5.41) is 19.5. The van der Waals surface area contributed by atoms with Gasteiger partial charge in [-0.1, -0.05) is 38.5 Å². The number of amides is 1. The molecule has 0 bridgehead atoms. The zero-order chi connectivity index (χ0) is 16.1. The van der Waals surface area contributed by atoms with Crippen LogP contribution in [0.1, 0.15) is 71.1 Å². The molecule has 6 heteroatoms. The summed E-state index contributed by atoms with van der Waals surface area (Å²) >= 11 is 0. The minimum absolute atomic E-state index is 0.210. The van der Waals surface area contributed by atoms with Gasteiger partial charge < -0.3 is 15.5 Å².